The van der Waals surface area contributed by atoms with Gasteiger partial charge in [-0.15, -0.1) is 0 Å². The standard InChI is InChI=1S/C32H37N3O7/c1-38-27-5-3-4-26(19-27)30(40-21-24-6-9-25(10-7-24)31(36)39-2)20-34-14-16-35(17-15-34)32(37)33-13-12-23-8-11-28-29(18-23)42-22-41-28/h3-11,18-19,30H,12-17,20-22H2,1-2H3,(H,33,37). The van der Waals surface area contributed by atoms with Gasteiger partial charge in [0.15, 0.2) is 11.5 Å². The van der Waals surface area contributed by atoms with E-state index in [4.69, 9.17) is 23.7 Å². The van der Waals surface area contributed by atoms with Gasteiger partial charge >= 0.3 is 12.0 Å². The van der Waals surface area contributed by atoms with Crippen LogP contribution < -0.4 is 19.5 Å². The summed E-state index contributed by atoms with van der Waals surface area (Å²) in [6.07, 6.45) is 0.510. The van der Waals surface area contributed by atoms with Crippen molar-refractivity contribution >= 4 is 12.0 Å². The number of hydrogen-bond acceptors (Lipinski definition) is 8. The van der Waals surface area contributed by atoms with Gasteiger partial charge in [0.05, 0.1) is 32.5 Å². The third-order valence-corrected chi connectivity index (χ3v) is 7.50. The lowest BCUT2D eigenvalue weighted by atomic mass is 10.1. The number of nitrogens with zero attached hydrogens (tertiary/aromatic N) is 2. The van der Waals surface area contributed by atoms with E-state index in [1.54, 1.807) is 19.2 Å². The van der Waals surface area contributed by atoms with Crippen LogP contribution in [0.1, 0.15) is 33.2 Å². The van der Waals surface area contributed by atoms with Gasteiger partial charge in [0.1, 0.15) is 5.75 Å². The van der Waals surface area contributed by atoms with Crippen molar-refractivity contribution in [2.45, 2.75) is 19.1 Å². The topological polar surface area (TPSA) is 98.8 Å². The Bertz CT molecular complexity index is 1360. The fourth-order valence-corrected chi connectivity index (χ4v) is 5.04. The molecule has 1 N–H and O–H groups in total. The molecule has 10 nitrogen and oxygen atoms in total. The highest BCUT2D eigenvalue weighted by Gasteiger charge is 2.24. The molecule has 42 heavy (non-hydrogen) atoms. The fourth-order valence-electron chi connectivity index (χ4n) is 5.04. The summed E-state index contributed by atoms with van der Waals surface area (Å²) in [6, 6.07) is 21.0. The van der Waals surface area contributed by atoms with E-state index in [9.17, 15) is 9.59 Å². The third-order valence-electron chi connectivity index (χ3n) is 7.50. The zero-order valence-electron chi connectivity index (χ0n) is 24.0. The molecule has 3 aromatic rings. The lowest BCUT2D eigenvalue weighted by molar-refractivity contribution is 0.00546. The van der Waals surface area contributed by atoms with Crippen molar-refractivity contribution in [1.82, 2.24) is 15.1 Å². The van der Waals surface area contributed by atoms with E-state index in [-0.39, 0.29) is 24.9 Å². The number of nitrogens with one attached hydrogen (secondary N) is 1. The lowest BCUT2D eigenvalue weighted by Gasteiger charge is -2.36. The van der Waals surface area contributed by atoms with Gasteiger partial charge in [0, 0.05) is 39.3 Å². The van der Waals surface area contributed by atoms with Gasteiger partial charge in [-0.1, -0.05) is 30.3 Å². The number of methoxy groups -OCH3 is 2. The van der Waals surface area contributed by atoms with E-state index in [0.29, 0.717) is 44.8 Å². The Morgan fingerprint density at radius 3 is 2.43 bits per heavy atom. The summed E-state index contributed by atoms with van der Waals surface area (Å²) in [7, 11) is 3.02. The summed E-state index contributed by atoms with van der Waals surface area (Å²) >= 11 is 0. The van der Waals surface area contributed by atoms with E-state index in [2.05, 4.69) is 10.2 Å². The quantitative estimate of drug-likeness (QED) is 0.342. The summed E-state index contributed by atoms with van der Waals surface area (Å²) in [5.41, 5.74) is 3.56. The Kier molecular flexibility index (Phi) is 9.78. The second-order valence-corrected chi connectivity index (χ2v) is 10.2. The first kappa shape index (κ1) is 29.2. The van der Waals surface area contributed by atoms with Gasteiger partial charge in [0.2, 0.25) is 6.79 Å². The molecule has 0 spiro atoms. The number of benzene rings is 3. The monoisotopic (exact) mass is 575 g/mol. The molecule has 0 aromatic heterocycles. The minimum absolute atomic E-state index is 0.0496. The van der Waals surface area contributed by atoms with Crippen LogP contribution in [0.2, 0.25) is 0 Å². The summed E-state index contributed by atoms with van der Waals surface area (Å²) in [5.74, 6) is 1.91. The number of carbonyl (C=O) groups excluding carboxylic acids is 2. The van der Waals surface area contributed by atoms with Crippen molar-refractivity contribution in [2.75, 3.05) is 60.3 Å². The van der Waals surface area contributed by atoms with Crippen LogP contribution in [-0.4, -0.2) is 82.1 Å². The molecule has 1 fully saturated rings. The van der Waals surface area contributed by atoms with Crippen LogP contribution in [-0.2, 0) is 22.5 Å². The largest absolute Gasteiger partial charge is 0.497 e. The van der Waals surface area contributed by atoms with Crippen LogP contribution in [0.3, 0.4) is 0 Å². The fraction of sp³-hybridized carbons (Fsp3) is 0.375. The maximum absolute atomic E-state index is 12.8. The predicted molar refractivity (Wildman–Crippen MR) is 156 cm³/mol. The zero-order valence-corrected chi connectivity index (χ0v) is 24.0. The smallest absolute Gasteiger partial charge is 0.337 e. The summed E-state index contributed by atoms with van der Waals surface area (Å²) in [6.45, 7) is 4.61. The number of amides is 2. The van der Waals surface area contributed by atoms with Gasteiger partial charge in [-0.2, -0.15) is 0 Å². The first-order valence-corrected chi connectivity index (χ1v) is 14.1. The molecule has 1 unspecified atom stereocenters. The van der Waals surface area contributed by atoms with Crippen molar-refractivity contribution in [3.05, 3.63) is 89.0 Å². The average molecular weight is 576 g/mol. The molecule has 1 saturated heterocycles. The number of esters is 1. The van der Waals surface area contributed by atoms with E-state index in [1.807, 2.05) is 59.5 Å². The van der Waals surface area contributed by atoms with Gasteiger partial charge in [-0.3, -0.25) is 4.90 Å². The molecule has 2 amide bonds. The maximum Gasteiger partial charge on any atom is 0.337 e. The lowest BCUT2D eigenvalue weighted by Crippen LogP contribution is -2.52. The van der Waals surface area contributed by atoms with E-state index in [0.717, 1.165) is 47.0 Å². The minimum atomic E-state index is -0.366. The number of rotatable bonds is 11. The van der Waals surface area contributed by atoms with Crippen LogP contribution in [0.4, 0.5) is 4.79 Å². The summed E-state index contributed by atoms with van der Waals surface area (Å²) in [4.78, 5) is 28.8. The SMILES string of the molecule is COC(=O)c1ccc(COC(CN2CCN(C(=O)NCCc3ccc4c(c3)OCO4)CC2)c2cccc(OC)c2)cc1. The molecule has 0 radical (unpaired) electrons. The highest BCUT2D eigenvalue weighted by molar-refractivity contribution is 5.89. The summed E-state index contributed by atoms with van der Waals surface area (Å²) in [5, 5.41) is 3.04. The highest BCUT2D eigenvalue weighted by atomic mass is 16.7. The number of piperazine rings is 1. The normalized spacial score (nSPS) is 15.2. The number of fused-ring (bicyclic) bond motifs is 1. The molecule has 2 aliphatic rings. The Labute approximate surface area is 246 Å². The first-order chi connectivity index (χ1) is 20.5. The average Bonchev–Trinajstić information content (AvgIpc) is 3.51. The number of carbonyl (C=O) groups is 2. The molecule has 222 valence electrons. The first-order valence-electron chi connectivity index (χ1n) is 14.1. The van der Waals surface area contributed by atoms with Gasteiger partial charge in [-0.05, 0) is 59.5 Å². The molecule has 2 aliphatic heterocycles. The van der Waals surface area contributed by atoms with Crippen LogP contribution in [0.5, 0.6) is 17.2 Å². The van der Waals surface area contributed by atoms with E-state index < -0.39 is 0 Å². The molecule has 0 saturated carbocycles. The highest BCUT2D eigenvalue weighted by Crippen LogP contribution is 2.32. The number of hydrogen-bond donors (Lipinski definition) is 1. The van der Waals surface area contributed by atoms with Gasteiger partial charge < -0.3 is 33.9 Å². The molecule has 3 aromatic carbocycles. The van der Waals surface area contributed by atoms with Crippen molar-refractivity contribution in [3.8, 4) is 17.2 Å². The van der Waals surface area contributed by atoms with Crippen LogP contribution >= 0.6 is 0 Å². The summed E-state index contributed by atoms with van der Waals surface area (Å²) < 4.78 is 27.5. The molecule has 10 heteroatoms. The molecular formula is C32H37N3O7. The van der Waals surface area contributed by atoms with Crippen LogP contribution in [0.25, 0.3) is 0 Å². The third kappa shape index (κ3) is 7.51. The Morgan fingerprint density at radius 2 is 1.67 bits per heavy atom. The van der Waals surface area contributed by atoms with Crippen molar-refractivity contribution in [3.63, 3.8) is 0 Å². The molecule has 0 bridgehead atoms. The predicted octanol–water partition coefficient (Wildman–Crippen LogP) is 4.04. The van der Waals surface area contributed by atoms with Crippen LogP contribution in [0, 0.1) is 0 Å². The van der Waals surface area contributed by atoms with Gasteiger partial charge in [-0.25, -0.2) is 9.59 Å². The molecule has 5 rings (SSSR count). The molecule has 0 aliphatic carbocycles. The molecular weight excluding hydrogens is 538 g/mol. The Hall–Kier alpha value is -4.28. The number of ether oxygens (including phenoxy) is 5. The van der Waals surface area contributed by atoms with E-state index in [1.165, 1.54) is 7.11 Å². The number of urea groups is 1. The minimum Gasteiger partial charge on any atom is -0.497 e. The van der Waals surface area contributed by atoms with Crippen molar-refractivity contribution in [1.29, 1.82) is 0 Å². The molecule has 1 atom stereocenters. The zero-order chi connectivity index (χ0) is 29.3. The maximum atomic E-state index is 12.8. The second kappa shape index (κ2) is 14.1. The molecule has 2 heterocycles. The van der Waals surface area contributed by atoms with Crippen molar-refractivity contribution < 1.29 is 33.3 Å². The Balaban J connectivity index is 1.12. The van der Waals surface area contributed by atoms with E-state index >= 15 is 0 Å². The van der Waals surface area contributed by atoms with Crippen molar-refractivity contribution in [2.24, 2.45) is 0 Å². The Morgan fingerprint density at radius 1 is 0.905 bits per heavy atom. The van der Waals surface area contributed by atoms with Gasteiger partial charge in [0.25, 0.3) is 0 Å². The van der Waals surface area contributed by atoms with Crippen LogP contribution in [0.15, 0.2) is 66.7 Å². The second-order valence-electron chi connectivity index (χ2n) is 10.2.